The molecule has 0 saturated carbocycles. The van der Waals surface area contributed by atoms with E-state index < -0.39 is 0 Å². The maximum absolute atomic E-state index is 4.30. The minimum Gasteiger partial charge on any atom is -0.262 e. The topological polar surface area (TPSA) is 83.1 Å². The van der Waals surface area contributed by atoms with E-state index in [-0.39, 0.29) is 0 Å². The van der Waals surface area contributed by atoms with Crippen LogP contribution in [0.4, 0.5) is 0 Å². The normalized spacial score (nSPS) is 11.0. The fourth-order valence-electron chi connectivity index (χ4n) is 1.88. The number of nitrogens with one attached hydrogen (secondary N) is 2. The highest BCUT2D eigenvalue weighted by molar-refractivity contribution is 7.98. The fraction of sp³-hybridized carbons (Fsp3) is 0.286. The van der Waals surface area contributed by atoms with Crippen molar-refractivity contribution in [1.29, 1.82) is 0 Å². The second-order valence-corrected chi connectivity index (χ2v) is 6.69. The zero-order valence-electron chi connectivity index (χ0n) is 12.3. The molecule has 2 heterocycles. The molecular formula is C14H16N6S2. The number of nitrogens with zero attached hydrogens (tertiary/aromatic N) is 4. The summed E-state index contributed by atoms with van der Waals surface area (Å²) in [5, 5.41) is 15.5. The van der Waals surface area contributed by atoms with Crippen molar-refractivity contribution in [2.75, 3.05) is 0 Å². The lowest BCUT2D eigenvalue weighted by Crippen LogP contribution is -1.87. The van der Waals surface area contributed by atoms with Gasteiger partial charge in [-0.3, -0.25) is 10.2 Å². The Labute approximate surface area is 136 Å². The first-order chi connectivity index (χ1) is 10.7. The van der Waals surface area contributed by atoms with Crippen LogP contribution in [0, 0.1) is 13.8 Å². The molecule has 8 heteroatoms. The first kappa shape index (κ1) is 15.1. The number of hydrogen-bond donors (Lipinski definition) is 2. The second-order valence-electron chi connectivity index (χ2n) is 4.80. The van der Waals surface area contributed by atoms with Crippen LogP contribution < -0.4 is 0 Å². The van der Waals surface area contributed by atoms with Gasteiger partial charge in [0.05, 0.1) is 0 Å². The van der Waals surface area contributed by atoms with Crippen LogP contribution in [0.2, 0.25) is 0 Å². The van der Waals surface area contributed by atoms with Crippen LogP contribution in [0.15, 0.2) is 34.6 Å². The Morgan fingerprint density at radius 3 is 1.77 bits per heavy atom. The lowest BCUT2D eigenvalue weighted by Gasteiger charge is -2.03. The van der Waals surface area contributed by atoms with Crippen molar-refractivity contribution in [3.8, 4) is 0 Å². The standard InChI is InChI=1S/C14H16N6S2/c1-9-15-13(19-17-9)21-7-11-4-3-5-12(6-11)8-22-14-16-10(2)18-20-14/h3-6H,7-8H2,1-2H3,(H,15,17,19)(H,16,18,20). The van der Waals surface area contributed by atoms with Gasteiger partial charge >= 0.3 is 0 Å². The van der Waals surface area contributed by atoms with Crippen LogP contribution >= 0.6 is 23.5 Å². The Morgan fingerprint density at radius 1 is 0.864 bits per heavy atom. The van der Waals surface area contributed by atoms with E-state index in [0.717, 1.165) is 33.5 Å². The third-order valence-electron chi connectivity index (χ3n) is 2.88. The van der Waals surface area contributed by atoms with Crippen molar-refractivity contribution < 1.29 is 0 Å². The van der Waals surface area contributed by atoms with Crippen LogP contribution in [0.5, 0.6) is 0 Å². The number of benzene rings is 1. The number of rotatable bonds is 6. The van der Waals surface area contributed by atoms with Crippen molar-refractivity contribution in [3.05, 3.63) is 47.0 Å². The number of aromatic amines is 2. The fourth-order valence-corrected chi connectivity index (χ4v) is 3.45. The maximum atomic E-state index is 4.30. The predicted octanol–water partition coefficient (Wildman–Crippen LogP) is 3.12. The van der Waals surface area contributed by atoms with Crippen molar-refractivity contribution in [1.82, 2.24) is 30.4 Å². The van der Waals surface area contributed by atoms with Crippen molar-refractivity contribution in [3.63, 3.8) is 0 Å². The summed E-state index contributed by atoms with van der Waals surface area (Å²) in [5.74, 6) is 3.40. The molecule has 0 aliphatic heterocycles. The van der Waals surface area contributed by atoms with E-state index in [1.807, 2.05) is 13.8 Å². The van der Waals surface area contributed by atoms with Gasteiger partial charge in [0.15, 0.2) is 0 Å². The molecule has 0 bridgehead atoms. The predicted molar refractivity (Wildman–Crippen MR) is 87.8 cm³/mol. The van der Waals surface area contributed by atoms with Gasteiger partial charge in [0, 0.05) is 11.5 Å². The lowest BCUT2D eigenvalue weighted by molar-refractivity contribution is 0.968. The van der Waals surface area contributed by atoms with Crippen LogP contribution in [-0.2, 0) is 11.5 Å². The Kier molecular flexibility index (Phi) is 4.79. The molecule has 0 atom stereocenters. The smallest absolute Gasteiger partial charge is 0.208 e. The first-order valence-corrected chi connectivity index (χ1v) is 8.77. The molecule has 6 nitrogen and oxygen atoms in total. The molecule has 0 spiro atoms. The quantitative estimate of drug-likeness (QED) is 0.675. The molecule has 114 valence electrons. The van der Waals surface area contributed by atoms with Gasteiger partial charge in [0.1, 0.15) is 11.6 Å². The molecule has 0 amide bonds. The van der Waals surface area contributed by atoms with E-state index in [2.05, 4.69) is 54.6 Å². The Balaban J connectivity index is 1.57. The molecule has 1 aromatic carbocycles. The van der Waals surface area contributed by atoms with Gasteiger partial charge in [0.25, 0.3) is 0 Å². The number of hydrogen-bond acceptors (Lipinski definition) is 6. The largest absolute Gasteiger partial charge is 0.262 e. The Hall–Kier alpha value is -1.80. The molecule has 3 aromatic rings. The van der Waals surface area contributed by atoms with Gasteiger partial charge in [0.2, 0.25) is 10.3 Å². The van der Waals surface area contributed by atoms with Crippen LogP contribution in [0.3, 0.4) is 0 Å². The summed E-state index contributed by atoms with van der Waals surface area (Å²) in [6.45, 7) is 3.80. The molecule has 2 aromatic heterocycles. The summed E-state index contributed by atoms with van der Waals surface area (Å²) in [6, 6.07) is 8.53. The lowest BCUT2D eigenvalue weighted by atomic mass is 10.2. The van der Waals surface area contributed by atoms with E-state index >= 15 is 0 Å². The van der Waals surface area contributed by atoms with E-state index in [9.17, 15) is 0 Å². The SMILES string of the molecule is Cc1nc(SCc2cccc(CSc3n[nH]c(C)n3)c2)n[nH]1. The van der Waals surface area contributed by atoms with Crippen LogP contribution in [0.25, 0.3) is 0 Å². The first-order valence-electron chi connectivity index (χ1n) is 6.80. The molecular weight excluding hydrogens is 316 g/mol. The van der Waals surface area contributed by atoms with Gasteiger partial charge in [-0.15, -0.1) is 10.2 Å². The summed E-state index contributed by atoms with van der Waals surface area (Å²) in [5.41, 5.74) is 2.52. The molecule has 0 fully saturated rings. The van der Waals surface area contributed by atoms with Gasteiger partial charge in [-0.2, -0.15) is 0 Å². The number of aromatic nitrogens is 6. The van der Waals surface area contributed by atoms with Crippen molar-refractivity contribution in [2.45, 2.75) is 35.7 Å². The van der Waals surface area contributed by atoms with Gasteiger partial charge in [-0.1, -0.05) is 47.8 Å². The van der Waals surface area contributed by atoms with Crippen LogP contribution in [0.1, 0.15) is 22.8 Å². The molecule has 0 unspecified atom stereocenters. The Morgan fingerprint density at radius 2 is 1.36 bits per heavy atom. The number of thioether (sulfide) groups is 2. The zero-order chi connectivity index (χ0) is 15.4. The van der Waals surface area contributed by atoms with Gasteiger partial charge < -0.3 is 0 Å². The monoisotopic (exact) mass is 332 g/mol. The minimum atomic E-state index is 0.786. The summed E-state index contributed by atoms with van der Waals surface area (Å²) < 4.78 is 0. The second kappa shape index (κ2) is 6.97. The minimum absolute atomic E-state index is 0.786. The summed E-state index contributed by atoms with van der Waals surface area (Å²) in [6.07, 6.45) is 0. The zero-order valence-corrected chi connectivity index (χ0v) is 14.0. The summed E-state index contributed by atoms with van der Waals surface area (Å²) in [7, 11) is 0. The van der Waals surface area contributed by atoms with E-state index in [4.69, 9.17) is 0 Å². The molecule has 0 aliphatic rings. The Bertz CT molecular complexity index is 692. The third kappa shape index (κ3) is 4.11. The summed E-state index contributed by atoms with van der Waals surface area (Å²) >= 11 is 3.26. The number of aryl methyl sites for hydroxylation is 2. The van der Waals surface area contributed by atoms with Crippen molar-refractivity contribution in [2.24, 2.45) is 0 Å². The molecule has 22 heavy (non-hydrogen) atoms. The van der Waals surface area contributed by atoms with Gasteiger partial charge in [-0.25, -0.2) is 9.97 Å². The molecule has 3 rings (SSSR count). The van der Waals surface area contributed by atoms with Gasteiger partial charge in [-0.05, 0) is 25.0 Å². The van der Waals surface area contributed by atoms with E-state index in [0.29, 0.717) is 0 Å². The third-order valence-corrected chi connectivity index (χ3v) is 4.72. The maximum Gasteiger partial charge on any atom is 0.208 e. The average molecular weight is 332 g/mol. The van der Waals surface area contributed by atoms with Crippen LogP contribution in [-0.4, -0.2) is 30.4 Å². The molecule has 0 saturated heterocycles. The highest BCUT2D eigenvalue weighted by Crippen LogP contribution is 2.23. The van der Waals surface area contributed by atoms with E-state index in [1.165, 1.54) is 11.1 Å². The molecule has 2 N–H and O–H groups in total. The van der Waals surface area contributed by atoms with Crippen molar-refractivity contribution >= 4 is 23.5 Å². The summed E-state index contributed by atoms with van der Waals surface area (Å²) in [4.78, 5) is 8.60. The average Bonchev–Trinajstić information content (AvgIpc) is 3.12. The van der Waals surface area contributed by atoms with E-state index in [1.54, 1.807) is 23.5 Å². The highest BCUT2D eigenvalue weighted by atomic mass is 32.2. The molecule has 0 aliphatic carbocycles. The highest BCUT2D eigenvalue weighted by Gasteiger charge is 2.04. The molecule has 0 radical (unpaired) electrons. The number of H-pyrrole nitrogens is 2.